The maximum Gasteiger partial charge on any atom is 0.315 e. The molecular weight excluding hydrogens is 362 g/mol. The first-order valence-corrected chi connectivity index (χ1v) is 9.25. The highest BCUT2D eigenvalue weighted by Gasteiger charge is 2.42. The van der Waals surface area contributed by atoms with Gasteiger partial charge in [0.25, 0.3) is 0 Å². The Hall–Kier alpha value is -2.89. The molecule has 3 rings (SSSR count). The molecule has 146 valence electrons. The molecule has 1 aliphatic rings. The molecule has 0 aliphatic carbocycles. The quantitative estimate of drug-likeness (QED) is 0.699. The average Bonchev–Trinajstić information content (AvgIpc) is 2.68. The van der Waals surface area contributed by atoms with Gasteiger partial charge >= 0.3 is 5.97 Å². The predicted molar refractivity (Wildman–Crippen MR) is 104 cm³/mol. The highest BCUT2D eigenvalue weighted by molar-refractivity contribution is 6.16. The molecule has 1 heterocycles. The fourth-order valence-electron chi connectivity index (χ4n) is 3.41. The van der Waals surface area contributed by atoms with E-state index in [4.69, 9.17) is 4.74 Å². The minimum atomic E-state index is -0.692. The monoisotopic (exact) mass is 384 g/mol. The number of ether oxygens (including phenoxy) is 1. The van der Waals surface area contributed by atoms with Crippen molar-refractivity contribution in [2.45, 2.75) is 26.7 Å². The lowest BCUT2D eigenvalue weighted by Crippen LogP contribution is -2.40. The zero-order valence-corrected chi connectivity index (χ0v) is 16.0. The third-order valence-electron chi connectivity index (χ3n) is 4.72. The van der Waals surface area contributed by atoms with Gasteiger partial charge < -0.3 is 4.74 Å². The zero-order valence-electron chi connectivity index (χ0n) is 16.0. The number of hydrogen-bond donors (Lipinski definition) is 0. The van der Waals surface area contributed by atoms with E-state index in [-0.39, 0.29) is 24.2 Å². The zero-order chi connectivity index (χ0) is 20.3. The van der Waals surface area contributed by atoms with Crippen LogP contribution in [0.2, 0.25) is 0 Å². The van der Waals surface area contributed by atoms with Gasteiger partial charge in [-0.2, -0.15) is 10.2 Å². The van der Waals surface area contributed by atoms with E-state index >= 15 is 0 Å². The van der Waals surface area contributed by atoms with Crippen LogP contribution in [0.1, 0.15) is 37.8 Å². The highest BCUT2D eigenvalue weighted by atomic mass is 19.1. The number of benzene rings is 2. The van der Waals surface area contributed by atoms with Gasteiger partial charge in [0, 0.05) is 5.92 Å². The Morgan fingerprint density at radius 1 is 1.00 bits per heavy atom. The second kappa shape index (κ2) is 8.42. The molecule has 1 aliphatic heterocycles. The van der Waals surface area contributed by atoms with Crippen molar-refractivity contribution in [3.8, 4) is 0 Å². The number of hydrogen-bond acceptors (Lipinski definition) is 4. The summed E-state index contributed by atoms with van der Waals surface area (Å²) in [6.07, 6.45) is 0. The van der Waals surface area contributed by atoms with Crippen molar-refractivity contribution in [1.82, 2.24) is 0 Å². The fourth-order valence-corrected chi connectivity index (χ4v) is 3.41. The lowest BCUT2D eigenvalue weighted by molar-refractivity contribution is -0.145. The summed E-state index contributed by atoms with van der Waals surface area (Å²) >= 11 is 0. The average molecular weight is 384 g/mol. The molecule has 2 aromatic carbocycles. The molecule has 0 radical (unpaired) electrons. The van der Waals surface area contributed by atoms with Gasteiger partial charge in [-0.3, -0.25) is 4.79 Å². The standard InChI is InChI=1S/C22H22F2N2O2/c1-4-28-22(27)19-18(14-5-9-16(23)10-6-14)21(26-25-20(19)13(2)3)15-7-11-17(24)12-8-15/h5-13,18-19H,4H2,1-3H3. The lowest BCUT2D eigenvalue weighted by atomic mass is 9.74. The number of carbonyl (C=O) groups excluding carboxylic acids is 1. The van der Waals surface area contributed by atoms with Gasteiger partial charge in [0.2, 0.25) is 0 Å². The fraction of sp³-hybridized carbons (Fsp3) is 0.318. The van der Waals surface area contributed by atoms with Crippen molar-refractivity contribution < 1.29 is 18.3 Å². The van der Waals surface area contributed by atoms with Crippen LogP contribution in [0.25, 0.3) is 0 Å². The topological polar surface area (TPSA) is 51.0 Å². The first kappa shape index (κ1) is 19.9. The van der Waals surface area contributed by atoms with Crippen molar-refractivity contribution >= 4 is 17.4 Å². The molecule has 28 heavy (non-hydrogen) atoms. The van der Waals surface area contributed by atoms with Gasteiger partial charge in [-0.05, 0) is 48.2 Å². The van der Waals surface area contributed by atoms with Crippen LogP contribution in [0.15, 0.2) is 58.7 Å². The molecule has 2 unspecified atom stereocenters. The van der Waals surface area contributed by atoms with Crippen molar-refractivity contribution in [3.05, 3.63) is 71.3 Å². The Labute approximate surface area is 162 Å². The summed E-state index contributed by atoms with van der Waals surface area (Å²) in [6.45, 7) is 5.85. The summed E-state index contributed by atoms with van der Waals surface area (Å²) in [7, 11) is 0. The summed E-state index contributed by atoms with van der Waals surface area (Å²) in [4.78, 5) is 12.9. The van der Waals surface area contributed by atoms with Crippen LogP contribution < -0.4 is 0 Å². The van der Waals surface area contributed by atoms with E-state index < -0.39 is 17.8 Å². The third kappa shape index (κ3) is 4.01. The normalized spacial score (nSPS) is 19.2. The summed E-state index contributed by atoms with van der Waals surface area (Å²) in [5.41, 5.74) is 2.50. The highest BCUT2D eigenvalue weighted by Crippen LogP contribution is 2.36. The van der Waals surface area contributed by atoms with Gasteiger partial charge in [0.1, 0.15) is 17.6 Å². The van der Waals surface area contributed by atoms with Crippen LogP contribution in [-0.4, -0.2) is 24.0 Å². The van der Waals surface area contributed by atoms with Crippen LogP contribution in [0, 0.1) is 23.5 Å². The van der Waals surface area contributed by atoms with Gasteiger partial charge in [-0.25, -0.2) is 8.78 Å². The number of nitrogens with zero attached hydrogens (tertiary/aromatic N) is 2. The van der Waals surface area contributed by atoms with E-state index in [9.17, 15) is 13.6 Å². The molecule has 2 atom stereocenters. The Balaban J connectivity index is 2.18. The van der Waals surface area contributed by atoms with Gasteiger partial charge in [-0.1, -0.05) is 38.1 Å². The molecule has 0 saturated carbocycles. The van der Waals surface area contributed by atoms with E-state index in [1.807, 2.05) is 13.8 Å². The molecule has 0 fully saturated rings. The molecule has 0 spiro atoms. The molecule has 0 aromatic heterocycles. The molecule has 0 amide bonds. The molecule has 0 bridgehead atoms. The Morgan fingerprint density at radius 3 is 2.11 bits per heavy atom. The molecule has 0 N–H and O–H groups in total. The van der Waals surface area contributed by atoms with E-state index in [0.717, 1.165) is 5.56 Å². The van der Waals surface area contributed by atoms with Crippen LogP contribution in [0.3, 0.4) is 0 Å². The van der Waals surface area contributed by atoms with Gasteiger partial charge in [0.15, 0.2) is 0 Å². The number of halogens is 2. The largest absolute Gasteiger partial charge is 0.465 e. The minimum absolute atomic E-state index is 0.0316. The van der Waals surface area contributed by atoms with Crippen molar-refractivity contribution in [2.24, 2.45) is 22.0 Å². The summed E-state index contributed by atoms with van der Waals surface area (Å²) < 4.78 is 32.3. The predicted octanol–water partition coefficient (Wildman–Crippen LogP) is 4.74. The van der Waals surface area contributed by atoms with Crippen molar-refractivity contribution in [1.29, 1.82) is 0 Å². The summed E-state index contributed by atoms with van der Waals surface area (Å²) in [5, 5.41) is 8.71. The molecule has 2 aromatic rings. The number of esters is 1. The summed E-state index contributed by atoms with van der Waals surface area (Å²) in [5.74, 6) is -2.38. The van der Waals surface area contributed by atoms with E-state index in [1.54, 1.807) is 31.2 Å². The Kier molecular flexibility index (Phi) is 5.97. The van der Waals surface area contributed by atoms with Crippen LogP contribution >= 0.6 is 0 Å². The van der Waals surface area contributed by atoms with E-state index in [1.165, 1.54) is 24.3 Å². The second-order valence-electron chi connectivity index (χ2n) is 6.93. The van der Waals surface area contributed by atoms with E-state index in [0.29, 0.717) is 17.0 Å². The molecule has 4 nitrogen and oxygen atoms in total. The van der Waals surface area contributed by atoms with E-state index in [2.05, 4.69) is 10.2 Å². The maximum atomic E-state index is 13.5. The van der Waals surface area contributed by atoms with Gasteiger partial charge in [-0.15, -0.1) is 0 Å². The maximum absolute atomic E-state index is 13.5. The lowest BCUT2D eigenvalue weighted by Gasteiger charge is -2.32. The second-order valence-corrected chi connectivity index (χ2v) is 6.93. The van der Waals surface area contributed by atoms with Crippen LogP contribution in [-0.2, 0) is 9.53 Å². The number of carbonyl (C=O) groups is 1. The van der Waals surface area contributed by atoms with Crippen LogP contribution in [0.4, 0.5) is 8.78 Å². The molecule has 6 heteroatoms. The van der Waals surface area contributed by atoms with Crippen molar-refractivity contribution in [3.63, 3.8) is 0 Å². The molecule has 0 saturated heterocycles. The van der Waals surface area contributed by atoms with Gasteiger partial charge in [0.05, 0.1) is 18.0 Å². The first-order valence-electron chi connectivity index (χ1n) is 9.25. The smallest absolute Gasteiger partial charge is 0.315 e. The third-order valence-corrected chi connectivity index (χ3v) is 4.72. The van der Waals surface area contributed by atoms with Crippen molar-refractivity contribution in [2.75, 3.05) is 6.61 Å². The minimum Gasteiger partial charge on any atom is -0.465 e. The first-order chi connectivity index (χ1) is 13.4. The molecular formula is C22H22F2N2O2. The van der Waals surface area contributed by atoms with Crippen LogP contribution in [0.5, 0.6) is 0 Å². The SMILES string of the molecule is CCOC(=O)C1C(C(C)C)=NN=C(c2ccc(F)cc2)C1c1ccc(F)cc1. The summed E-state index contributed by atoms with van der Waals surface area (Å²) in [6, 6.07) is 11.8. The Bertz CT molecular complexity index is 903. The number of rotatable bonds is 5. The Morgan fingerprint density at radius 2 is 1.57 bits per heavy atom.